The molecular weight excluding hydrogens is 690 g/mol. The maximum Gasteiger partial charge on any atom is 0.262 e. The lowest BCUT2D eigenvalue weighted by molar-refractivity contribution is -0.136. The first-order valence-corrected chi connectivity index (χ1v) is 18.5. The Balaban J connectivity index is 0.849. The van der Waals surface area contributed by atoms with Gasteiger partial charge < -0.3 is 29.6 Å². The number of benzene rings is 3. The molecule has 14 nitrogen and oxygen atoms in total. The van der Waals surface area contributed by atoms with Crippen LogP contribution in [0.3, 0.4) is 0 Å². The topological polar surface area (TPSA) is 166 Å². The molecule has 0 spiro atoms. The highest BCUT2D eigenvalue weighted by atomic mass is 16.5. The van der Waals surface area contributed by atoms with Gasteiger partial charge in [0.25, 0.3) is 17.4 Å². The van der Waals surface area contributed by atoms with Crippen molar-refractivity contribution in [2.45, 2.75) is 50.6 Å². The van der Waals surface area contributed by atoms with E-state index in [1.807, 2.05) is 18.2 Å². The highest BCUT2D eigenvalue weighted by Crippen LogP contribution is 2.32. The molecule has 4 aromatic rings. The van der Waals surface area contributed by atoms with Gasteiger partial charge in [0.1, 0.15) is 28.8 Å². The quantitative estimate of drug-likeness (QED) is 0.214. The first-order chi connectivity index (χ1) is 26.2. The average molecular weight is 734 g/mol. The molecule has 3 fully saturated rings. The van der Waals surface area contributed by atoms with Gasteiger partial charge in [-0.25, -0.2) is 4.98 Å². The van der Waals surface area contributed by atoms with Crippen LogP contribution in [0.15, 0.2) is 59.4 Å². The van der Waals surface area contributed by atoms with E-state index in [0.29, 0.717) is 34.1 Å². The second-order valence-corrected chi connectivity index (χ2v) is 14.6. The summed E-state index contributed by atoms with van der Waals surface area (Å²) in [6.07, 6.45) is 4.46. The Hall–Kier alpha value is -5.76. The summed E-state index contributed by atoms with van der Waals surface area (Å²) in [6, 6.07) is 16.0. The zero-order valence-electron chi connectivity index (χ0n) is 30.4. The van der Waals surface area contributed by atoms with E-state index < -0.39 is 29.7 Å². The van der Waals surface area contributed by atoms with Crippen LogP contribution in [0.1, 0.15) is 59.2 Å². The number of methoxy groups -OCH3 is 2. The summed E-state index contributed by atoms with van der Waals surface area (Å²) >= 11 is 0. The van der Waals surface area contributed by atoms with Gasteiger partial charge in [-0.05, 0) is 87.0 Å². The van der Waals surface area contributed by atoms with E-state index in [1.165, 1.54) is 7.11 Å². The molecule has 0 bridgehead atoms. The molecule has 14 heteroatoms. The minimum absolute atomic E-state index is 0.0893. The Labute approximate surface area is 311 Å². The zero-order valence-corrected chi connectivity index (χ0v) is 30.4. The first-order valence-electron chi connectivity index (χ1n) is 18.5. The minimum atomic E-state index is -0.978. The lowest BCUT2D eigenvalue weighted by Gasteiger charge is -2.39. The number of aromatic amines is 1. The standard InChI is InChI=1S/C40H43N7O7/c1-53-28-19-31-35(33(20-28)54-2)38(50)44-36(42-31)24-5-8-27(9-6-24)46-16-13-23(14-17-46)21-45-15-3-4-26(22-45)41-25-7-10-29-30(18-25)40(52)47(39(29)51)32-11-12-34(48)43-37(32)49/h5-10,18-20,23,26,32,41H,3-4,11-17,21-22H2,1-2H3,(H,42,44,50)(H,43,48,49). The molecule has 1 aromatic heterocycles. The lowest BCUT2D eigenvalue weighted by Crippen LogP contribution is -2.54. The zero-order chi connectivity index (χ0) is 37.5. The summed E-state index contributed by atoms with van der Waals surface area (Å²) in [6.45, 7) is 4.88. The number of anilines is 2. The van der Waals surface area contributed by atoms with Gasteiger partial charge in [-0.1, -0.05) is 0 Å². The SMILES string of the molecule is COc1cc(OC)c2c(=O)[nH]c(-c3ccc(N4CCC(CN5CCCC(Nc6ccc7c(c6)C(=O)N(C6CCC(=O)NC6=O)C7=O)C5)CC4)cc3)nc2c1. The van der Waals surface area contributed by atoms with Gasteiger partial charge in [0.05, 0.1) is 30.9 Å². The number of carbonyl (C=O) groups excluding carboxylic acids is 4. The number of likely N-dealkylation sites (tertiary alicyclic amines) is 1. The largest absolute Gasteiger partial charge is 0.497 e. The molecule has 280 valence electrons. The summed E-state index contributed by atoms with van der Waals surface area (Å²) in [5.41, 5.74) is 3.53. The number of amides is 4. The van der Waals surface area contributed by atoms with Crippen LogP contribution in [-0.4, -0.2) is 102 Å². The van der Waals surface area contributed by atoms with Crippen molar-refractivity contribution in [1.82, 2.24) is 25.1 Å². The Kier molecular flexibility index (Phi) is 9.52. The van der Waals surface area contributed by atoms with Crippen LogP contribution < -0.4 is 30.6 Å². The van der Waals surface area contributed by atoms with E-state index in [2.05, 4.69) is 37.6 Å². The van der Waals surface area contributed by atoms with Crippen molar-refractivity contribution in [1.29, 1.82) is 0 Å². The highest BCUT2D eigenvalue weighted by Gasteiger charge is 2.44. The summed E-state index contributed by atoms with van der Waals surface area (Å²) in [5.74, 6) is 0.0471. The second-order valence-electron chi connectivity index (χ2n) is 14.6. The molecule has 0 radical (unpaired) electrons. The van der Waals surface area contributed by atoms with Crippen molar-refractivity contribution in [2.24, 2.45) is 5.92 Å². The van der Waals surface area contributed by atoms with Crippen molar-refractivity contribution < 1.29 is 28.7 Å². The molecule has 3 aromatic carbocycles. The van der Waals surface area contributed by atoms with Crippen LogP contribution in [-0.2, 0) is 9.59 Å². The number of ether oxygens (including phenoxy) is 2. The van der Waals surface area contributed by atoms with E-state index in [1.54, 1.807) is 31.4 Å². The predicted octanol–water partition coefficient (Wildman–Crippen LogP) is 3.80. The number of imide groups is 2. The first kappa shape index (κ1) is 35.3. The smallest absolute Gasteiger partial charge is 0.262 e. The van der Waals surface area contributed by atoms with Crippen LogP contribution in [0.25, 0.3) is 22.3 Å². The molecule has 3 N–H and O–H groups in total. The number of nitrogens with one attached hydrogen (secondary N) is 3. The molecular formula is C40H43N7O7. The van der Waals surface area contributed by atoms with Gasteiger partial charge >= 0.3 is 0 Å². The lowest BCUT2D eigenvalue weighted by atomic mass is 9.94. The Morgan fingerprint density at radius 2 is 1.63 bits per heavy atom. The monoisotopic (exact) mass is 733 g/mol. The summed E-state index contributed by atoms with van der Waals surface area (Å²) in [7, 11) is 3.08. The van der Waals surface area contributed by atoms with E-state index in [0.717, 1.165) is 80.2 Å². The molecule has 54 heavy (non-hydrogen) atoms. The van der Waals surface area contributed by atoms with Crippen LogP contribution >= 0.6 is 0 Å². The number of nitrogens with zero attached hydrogens (tertiary/aromatic N) is 4. The molecule has 8 rings (SSSR count). The van der Waals surface area contributed by atoms with Crippen molar-refractivity contribution >= 4 is 45.9 Å². The van der Waals surface area contributed by atoms with Crippen LogP contribution in [0.4, 0.5) is 11.4 Å². The summed E-state index contributed by atoms with van der Waals surface area (Å²) in [5, 5.41) is 6.22. The fourth-order valence-electron chi connectivity index (χ4n) is 8.33. The number of fused-ring (bicyclic) bond motifs is 2. The van der Waals surface area contributed by atoms with Crippen molar-refractivity contribution in [3.63, 3.8) is 0 Å². The van der Waals surface area contributed by atoms with Gasteiger partial charge in [-0.15, -0.1) is 0 Å². The van der Waals surface area contributed by atoms with Gasteiger partial charge in [-0.3, -0.25) is 34.2 Å². The highest BCUT2D eigenvalue weighted by molar-refractivity contribution is 6.23. The number of hydrogen-bond acceptors (Lipinski definition) is 11. The number of aromatic nitrogens is 2. The third-order valence-electron chi connectivity index (χ3n) is 11.2. The van der Waals surface area contributed by atoms with Crippen LogP contribution in [0.5, 0.6) is 11.5 Å². The molecule has 2 unspecified atom stereocenters. The summed E-state index contributed by atoms with van der Waals surface area (Å²) in [4.78, 5) is 77.0. The normalized spacial score (nSPS) is 21.0. The van der Waals surface area contributed by atoms with Gasteiger partial charge in [0.15, 0.2) is 0 Å². The molecule has 2 atom stereocenters. The Morgan fingerprint density at radius 1 is 0.852 bits per heavy atom. The number of hydrogen-bond donors (Lipinski definition) is 3. The van der Waals surface area contributed by atoms with Gasteiger partial charge in [0.2, 0.25) is 11.8 Å². The average Bonchev–Trinajstić information content (AvgIpc) is 3.42. The summed E-state index contributed by atoms with van der Waals surface area (Å²) < 4.78 is 10.8. The van der Waals surface area contributed by atoms with E-state index >= 15 is 0 Å². The van der Waals surface area contributed by atoms with Crippen molar-refractivity contribution in [3.8, 4) is 22.9 Å². The van der Waals surface area contributed by atoms with E-state index in [9.17, 15) is 24.0 Å². The van der Waals surface area contributed by atoms with Crippen molar-refractivity contribution in [3.05, 3.63) is 76.1 Å². The number of rotatable bonds is 9. The second kappa shape index (κ2) is 14.6. The molecule has 0 aliphatic carbocycles. The third-order valence-corrected chi connectivity index (χ3v) is 11.2. The van der Waals surface area contributed by atoms with Crippen LogP contribution in [0.2, 0.25) is 0 Å². The Bertz CT molecular complexity index is 2200. The molecule has 4 amide bonds. The Morgan fingerprint density at radius 3 is 2.37 bits per heavy atom. The molecule has 4 aliphatic rings. The fraction of sp³-hybridized carbons (Fsp3) is 0.400. The number of piperidine rings is 3. The van der Waals surface area contributed by atoms with Gasteiger partial charge in [-0.2, -0.15) is 0 Å². The van der Waals surface area contributed by atoms with Crippen LogP contribution in [0, 0.1) is 5.92 Å². The molecule has 4 aliphatic heterocycles. The number of carbonyl (C=O) groups is 4. The van der Waals surface area contributed by atoms with E-state index in [-0.39, 0.29) is 35.6 Å². The molecule has 3 saturated heterocycles. The van der Waals surface area contributed by atoms with Crippen molar-refractivity contribution in [2.75, 3.05) is 57.2 Å². The van der Waals surface area contributed by atoms with Gasteiger partial charge in [0, 0.05) is 67.7 Å². The predicted molar refractivity (Wildman–Crippen MR) is 202 cm³/mol. The minimum Gasteiger partial charge on any atom is -0.497 e. The maximum atomic E-state index is 13.3. The fourth-order valence-corrected chi connectivity index (χ4v) is 8.33. The molecule has 5 heterocycles. The number of H-pyrrole nitrogens is 1. The third kappa shape index (κ3) is 6.77. The maximum absolute atomic E-state index is 13.3. The van der Waals surface area contributed by atoms with E-state index in [4.69, 9.17) is 14.5 Å². The molecule has 0 saturated carbocycles.